The summed E-state index contributed by atoms with van der Waals surface area (Å²) in [6.07, 6.45) is 16.1. The minimum atomic E-state index is -0.373. The second-order valence-electron chi connectivity index (χ2n) is 6.24. The summed E-state index contributed by atoms with van der Waals surface area (Å²) < 4.78 is 0. The standard InChI is InChI=1S/C18H42N3P/c1-4-7-10-13-16-19-22(20-17-14-11-8-5-2)21-18-15-12-9-6-3/h19-21H,4-18H2,1-3H3. The second-order valence-corrected chi connectivity index (χ2v) is 7.86. The van der Waals surface area contributed by atoms with Crippen LogP contribution in [0.15, 0.2) is 0 Å². The molecule has 0 unspecified atom stereocenters. The summed E-state index contributed by atoms with van der Waals surface area (Å²) >= 11 is 0. The lowest BCUT2D eigenvalue weighted by Crippen LogP contribution is -2.29. The molecule has 22 heavy (non-hydrogen) atoms. The maximum absolute atomic E-state index is 3.70. The van der Waals surface area contributed by atoms with Crippen molar-refractivity contribution in [2.45, 2.75) is 97.8 Å². The van der Waals surface area contributed by atoms with Crippen LogP contribution in [0.4, 0.5) is 0 Å². The third-order valence-electron chi connectivity index (χ3n) is 3.90. The highest BCUT2D eigenvalue weighted by Crippen LogP contribution is 2.19. The third kappa shape index (κ3) is 16.7. The smallest absolute Gasteiger partial charge is 0.111 e. The summed E-state index contributed by atoms with van der Waals surface area (Å²) in [6, 6.07) is 0. The van der Waals surface area contributed by atoms with Gasteiger partial charge in [0.25, 0.3) is 0 Å². The van der Waals surface area contributed by atoms with Crippen molar-refractivity contribution in [2.75, 3.05) is 19.6 Å². The first-order chi connectivity index (χ1) is 10.8. The van der Waals surface area contributed by atoms with E-state index >= 15 is 0 Å². The monoisotopic (exact) mass is 331 g/mol. The van der Waals surface area contributed by atoms with E-state index < -0.39 is 0 Å². The summed E-state index contributed by atoms with van der Waals surface area (Å²) in [6.45, 7) is 10.3. The van der Waals surface area contributed by atoms with E-state index in [1.165, 1.54) is 77.0 Å². The molecule has 0 amide bonds. The Morgan fingerprint density at radius 2 is 0.773 bits per heavy atom. The van der Waals surface area contributed by atoms with Gasteiger partial charge in [-0.05, 0) is 19.3 Å². The summed E-state index contributed by atoms with van der Waals surface area (Å²) in [7, 11) is -0.373. The number of rotatable bonds is 18. The molecule has 0 aromatic carbocycles. The first-order valence-electron chi connectivity index (χ1n) is 9.85. The van der Waals surface area contributed by atoms with Crippen LogP contribution in [0.3, 0.4) is 0 Å². The molecular formula is C18H42N3P. The van der Waals surface area contributed by atoms with Gasteiger partial charge in [-0.1, -0.05) is 78.6 Å². The maximum Gasteiger partial charge on any atom is 0.111 e. The average molecular weight is 332 g/mol. The Bertz CT molecular complexity index is 169. The van der Waals surface area contributed by atoms with Crippen molar-refractivity contribution < 1.29 is 0 Å². The van der Waals surface area contributed by atoms with Gasteiger partial charge in [0, 0.05) is 19.6 Å². The molecule has 0 heterocycles. The molecule has 0 radical (unpaired) electrons. The molecule has 3 nitrogen and oxygen atoms in total. The van der Waals surface area contributed by atoms with Crippen molar-refractivity contribution in [3.05, 3.63) is 0 Å². The Hall–Kier alpha value is 0.310. The van der Waals surface area contributed by atoms with Crippen LogP contribution in [0.5, 0.6) is 0 Å². The molecule has 0 aliphatic carbocycles. The Balaban J connectivity index is 3.72. The van der Waals surface area contributed by atoms with Gasteiger partial charge in [-0.25, -0.2) is 0 Å². The Kier molecular flexibility index (Phi) is 19.6. The minimum absolute atomic E-state index is 0.373. The van der Waals surface area contributed by atoms with E-state index in [-0.39, 0.29) is 8.37 Å². The predicted octanol–water partition coefficient (Wildman–Crippen LogP) is 5.72. The fourth-order valence-electron chi connectivity index (χ4n) is 2.40. The van der Waals surface area contributed by atoms with Crippen molar-refractivity contribution in [3.8, 4) is 0 Å². The van der Waals surface area contributed by atoms with Crippen molar-refractivity contribution >= 4 is 8.37 Å². The first-order valence-corrected chi connectivity index (χ1v) is 11.2. The van der Waals surface area contributed by atoms with Gasteiger partial charge in [-0.15, -0.1) is 0 Å². The maximum atomic E-state index is 3.70. The van der Waals surface area contributed by atoms with Crippen LogP contribution in [-0.4, -0.2) is 19.6 Å². The van der Waals surface area contributed by atoms with Crippen LogP contribution in [0.25, 0.3) is 0 Å². The molecular weight excluding hydrogens is 289 g/mol. The van der Waals surface area contributed by atoms with Gasteiger partial charge in [-0.3, -0.25) is 15.3 Å². The van der Waals surface area contributed by atoms with Crippen molar-refractivity contribution in [1.82, 2.24) is 15.3 Å². The van der Waals surface area contributed by atoms with Gasteiger partial charge in [0.05, 0.1) is 0 Å². The van der Waals surface area contributed by atoms with Crippen molar-refractivity contribution in [3.63, 3.8) is 0 Å². The third-order valence-corrected chi connectivity index (χ3v) is 5.52. The van der Waals surface area contributed by atoms with Gasteiger partial charge < -0.3 is 0 Å². The van der Waals surface area contributed by atoms with E-state index in [2.05, 4.69) is 36.0 Å². The SMILES string of the molecule is CCCCCCNP(NCCCCCC)NCCCCCC. The van der Waals surface area contributed by atoms with E-state index in [9.17, 15) is 0 Å². The summed E-state index contributed by atoms with van der Waals surface area (Å²) in [4.78, 5) is 0. The number of unbranched alkanes of at least 4 members (excludes halogenated alkanes) is 9. The number of hydrogen-bond donors (Lipinski definition) is 3. The fourth-order valence-corrected chi connectivity index (χ4v) is 3.88. The van der Waals surface area contributed by atoms with Crippen LogP contribution < -0.4 is 15.3 Å². The molecule has 0 saturated carbocycles. The predicted molar refractivity (Wildman–Crippen MR) is 103 cm³/mol. The molecule has 0 rings (SSSR count). The van der Waals surface area contributed by atoms with E-state index in [0.717, 1.165) is 19.6 Å². The number of hydrogen-bond acceptors (Lipinski definition) is 3. The lowest BCUT2D eigenvalue weighted by Gasteiger charge is -2.21. The molecule has 0 spiro atoms. The highest BCUT2D eigenvalue weighted by Gasteiger charge is 2.05. The molecule has 0 aliphatic rings. The van der Waals surface area contributed by atoms with Crippen LogP contribution in [0, 0.1) is 0 Å². The molecule has 134 valence electrons. The molecule has 0 aromatic heterocycles. The zero-order valence-electron chi connectivity index (χ0n) is 15.6. The highest BCUT2D eigenvalue weighted by molar-refractivity contribution is 7.51. The van der Waals surface area contributed by atoms with Gasteiger partial charge >= 0.3 is 0 Å². The van der Waals surface area contributed by atoms with Crippen LogP contribution >= 0.6 is 8.37 Å². The molecule has 0 bridgehead atoms. The van der Waals surface area contributed by atoms with Gasteiger partial charge in [0.15, 0.2) is 0 Å². The summed E-state index contributed by atoms with van der Waals surface area (Å²) in [5.74, 6) is 0. The largest absolute Gasteiger partial charge is 0.271 e. The normalized spacial score (nSPS) is 11.5. The molecule has 0 saturated heterocycles. The molecule has 4 heteroatoms. The van der Waals surface area contributed by atoms with Crippen LogP contribution in [0.2, 0.25) is 0 Å². The van der Waals surface area contributed by atoms with E-state index in [4.69, 9.17) is 0 Å². The lowest BCUT2D eigenvalue weighted by molar-refractivity contribution is 0.634. The fraction of sp³-hybridized carbons (Fsp3) is 1.00. The molecule has 3 N–H and O–H groups in total. The quantitative estimate of drug-likeness (QED) is 0.222. The van der Waals surface area contributed by atoms with Gasteiger partial charge in [0.1, 0.15) is 8.37 Å². The average Bonchev–Trinajstić information content (AvgIpc) is 2.53. The minimum Gasteiger partial charge on any atom is -0.271 e. The van der Waals surface area contributed by atoms with Crippen LogP contribution in [-0.2, 0) is 0 Å². The summed E-state index contributed by atoms with van der Waals surface area (Å²) in [5, 5.41) is 11.1. The van der Waals surface area contributed by atoms with Gasteiger partial charge in [-0.2, -0.15) is 0 Å². The van der Waals surface area contributed by atoms with E-state index in [1.54, 1.807) is 0 Å². The van der Waals surface area contributed by atoms with Gasteiger partial charge in [0.2, 0.25) is 0 Å². The molecule has 0 aromatic rings. The van der Waals surface area contributed by atoms with Crippen molar-refractivity contribution in [2.24, 2.45) is 0 Å². The topological polar surface area (TPSA) is 36.1 Å². The van der Waals surface area contributed by atoms with E-state index in [0.29, 0.717) is 0 Å². The Morgan fingerprint density at radius 3 is 1.05 bits per heavy atom. The molecule has 0 fully saturated rings. The molecule has 0 aliphatic heterocycles. The Morgan fingerprint density at radius 1 is 0.455 bits per heavy atom. The number of nitrogens with one attached hydrogen (secondary N) is 3. The second kappa shape index (κ2) is 19.4. The van der Waals surface area contributed by atoms with Crippen molar-refractivity contribution in [1.29, 1.82) is 0 Å². The summed E-state index contributed by atoms with van der Waals surface area (Å²) in [5.41, 5.74) is 0. The first kappa shape index (κ1) is 22.3. The Labute approximate surface area is 141 Å². The zero-order chi connectivity index (χ0) is 16.3. The lowest BCUT2D eigenvalue weighted by atomic mass is 10.2. The van der Waals surface area contributed by atoms with Crippen LogP contribution in [0.1, 0.15) is 97.8 Å². The zero-order valence-corrected chi connectivity index (χ0v) is 16.4. The van der Waals surface area contributed by atoms with E-state index in [1.807, 2.05) is 0 Å². The highest BCUT2D eigenvalue weighted by atomic mass is 31.1. The molecule has 0 atom stereocenters.